The van der Waals surface area contributed by atoms with Crippen LogP contribution in [0.5, 0.6) is 86.2 Å². The Bertz CT molecular complexity index is 3230. The number of carbonyl (C=O) groups excluding carboxylic acids is 5. The van der Waals surface area contributed by atoms with Gasteiger partial charge in [0.05, 0.1) is 27.8 Å². The summed E-state index contributed by atoms with van der Waals surface area (Å²) in [5.41, 5.74) is -14.1. The van der Waals surface area contributed by atoms with Crippen molar-refractivity contribution in [1.82, 2.24) is 0 Å². The van der Waals surface area contributed by atoms with Crippen molar-refractivity contribution in [3.05, 3.63) is 51.6 Å². The number of fused-ring (bicyclic) bond motifs is 7. The van der Waals surface area contributed by atoms with Gasteiger partial charge in [-0.3, -0.25) is 0 Å². The first-order valence-electron chi connectivity index (χ1n) is 19.6. The molecule has 5 atom stereocenters. The Kier molecular flexibility index (Phi) is 9.85. The third-order valence-corrected chi connectivity index (χ3v) is 11.8. The zero-order chi connectivity index (χ0) is 50.1. The van der Waals surface area contributed by atoms with Crippen molar-refractivity contribution in [2.24, 2.45) is 0 Å². The van der Waals surface area contributed by atoms with E-state index in [1.54, 1.807) is 0 Å². The lowest BCUT2D eigenvalue weighted by Gasteiger charge is -2.42. The summed E-state index contributed by atoms with van der Waals surface area (Å²) in [6.07, 6.45) is -12.4. The maximum atomic E-state index is 15.2. The van der Waals surface area contributed by atoms with Gasteiger partial charge in [0.25, 0.3) is 0 Å². The molecule has 69 heavy (non-hydrogen) atoms. The summed E-state index contributed by atoms with van der Waals surface area (Å²) in [5.74, 6) is -31.2. The van der Waals surface area contributed by atoms with E-state index in [1.807, 2.05) is 0 Å². The van der Waals surface area contributed by atoms with E-state index in [0.717, 1.165) is 0 Å². The molecule has 5 aromatic rings. The van der Waals surface area contributed by atoms with E-state index < -0.39 is 227 Å². The number of hydrogen-bond acceptors (Lipinski definition) is 26. The van der Waals surface area contributed by atoms with Gasteiger partial charge in [0.15, 0.2) is 81.9 Å². The molecule has 0 aliphatic carbocycles. The minimum atomic E-state index is -2.69. The number of benzene rings is 5. The second kappa shape index (κ2) is 15.2. The van der Waals surface area contributed by atoms with E-state index >= 15 is 4.79 Å². The summed E-state index contributed by atoms with van der Waals surface area (Å²) in [5, 5.41) is 166. The van der Waals surface area contributed by atoms with Crippen LogP contribution in [0.1, 0.15) is 70.4 Å². The summed E-state index contributed by atoms with van der Waals surface area (Å²) in [4.78, 5) is 73.2. The van der Waals surface area contributed by atoms with Crippen molar-refractivity contribution in [3.8, 4) is 120 Å². The van der Waals surface area contributed by atoms with E-state index in [1.165, 1.54) is 6.92 Å². The second-order valence-corrected chi connectivity index (χ2v) is 15.5. The van der Waals surface area contributed by atoms with Crippen LogP contribution >= 0.6 is 0 Å². The Morgan fingerprint density at radius 1 is 0.406 bits per heavy atom. The highest BCUT2D eigenvalue weighted by Crippen LogP contribution is 2.62. The normalized spacial score (nSPS) is 20.3. The van der Waals surface area contributed by atoms with Crippen LogP contribution in [0.4, 0.5) is 0 Å². The van der Waals surface area contributed by atoms with Crippen molar-refractivity contribution in [3.63, 3.8) is 0 Å². The number of carbonyl (C=O) groups is 5. The van der Waals surface area contributed by atoms with E-state index in [0.29, 0.717) is 18.2 Å². The molecule has 0 aromatic heterocycles. The molecule has 0 fully saturated rings. The van der Waals surface area contributed by atoms with Crippen LogP contribution in [-0.2, 0) is 28.4 Å². The molecule has 26 heteroatoms. The fourth-order valence-corrected chi connectivity index (χ4v) is 8.72. The van der Waals surface area contributed by atoms with Gasteiger partial charge in [-0.25, -0.2) is 24.0 Å². The molecule has 5 aliphatic rings. The monoisotopic (exact) mass is 962 g/mol. The molecular formula is C43H30O26. The van der Waals surface area contributed by atoms with E-state index in [9.17, 15) is 95.8 Å². The maximum Gasteiger partial charge on any atom is 0.340 e. The number of rotatable bonds is 2. The average molecular weight is 963 g/mol. The predicted octanol–water partition coefficient (Wildman–Crippen LogP) is 2.36. The standard InChI is InChI=1S/C43H30O26/c1-2-64-36-22-21-19(31(55)34(58)32(22)56)18-20-17(29(53)33(57)30(18)54)16-9(5-12(46)25(49)28(16)52)40(60)66-13-6-65-39(59)7-3-10(44)23(47)26(50)14(7)15-8(4-11(45)24(48)27(15)51)41(61)67-35(13)37(68-42(20)62)38(36)69-43(21)63/h3-5,13,35-38,44-58H,2,6H2,1H3/t13-,35-,36+,37+,38+/m1/s1. The molecule has 5 heterocycles. The predicted molar refractivity (Wildman–Crippen MR) is 216 cm³/mol. The highest BCUT2D eigenvalue weighted by Gasteiger charge is 2.56. The van der Waals surface area contributed by atoms with Gasteiger partial charge in [0.2, 0.25) is 28.7 Å². The van der Waals surface area contributed by atoms with Crippen molar-refractivity contribution in [2.45, 2.75) is 37.4 Å². The van der Waals surface area contributed by atoms with Gasteiger partial charge in [0, 0.05) is 45.6 Å². The number of cyclic esters (lactones) is 1. The Labute approximate surface area is 380 Å². The third kappa shape index (κ3) is 6.11. The lowest BCUT2D eigenvalue weighted by Crippen LogP contribution is -2.56. The molecule has 0 spiro atoms. The van der Waals surface area contributed by atoms with Gasteiger partial charge < -0.3 is 105 Å². The number of aromatic hydroxyl groups is 15. The largest absolute Gasteiger partial charge is 0.504 e. The minimum absolute atomic E-state index is 0.352. The first-order valence-corrected chi connectivity index (χ1v) is 19.6. The highest BCUT2D eigenvalue weighted by molar-refractivity contribution is 6.16. The molecule has 10 rings (SSSR count). The summed E-state index contributed by atoms with van der Waals surface area (Å²) >= 11 is 0. The number of phenolic OH excluding ortho intramolecular Hbond substituents is 15. The Morgan fingerprint density at radius 3 is 1.29 bits per heavy atom. The highest BCUT2D eigenvalue weighted by atomic mass is 16.6. The van der Waals surface area contributed by atoms with E-state index in [-0.39, 0.29) is 0 Å². The van der Waals surface area contributed by atoms with Crippen LogP contribution in [-0.4, -0.2) is 144 Å². The molecule has 0 unspecified atom stereocenters. The molecular weight excluding hydrogens is 932 g/mol. The van der Waals surface area contributed by atoms with Crippen LogP contribution in [0.25, 0.3) is 33.4 Å². The quantitative estimate of drug-likeness (QED) is 0.0686. The molecule has 26 nitrogen and oxygen atoms in total. The summed E-state index contributed by atoms with van der Waals surface area (Å²) in [6, 6.07) is 1.16. The van der Waals surface area contributed by atoms with Crippen molar-refractivity contribution in [2.75, 3.05) is 13.2 Å². The van der Waals surface area contributed by atoms with Gasteiger partial charge in [0.1, 0.15) is 12.7 Å². The first kappa shape index (κ1) is 44.6. The SMILES string of the molecule is CCO[C@H]1c2c(O)c(O)c(O)c3c2C(=O)O[C@@H]1[C@H]1OC(=O)c2c(c(O)c(O)c(O)c2-3)-c2c(cc(O)c(O)c2O)C(=O)O[C@@H]2COC(=O)c3cc(O)c(O)c(O)c3-c3c(cc(O)c(O)c3O)C(=O)O[C@@H]12. The second-order valence-electron chi connectivity index (χ2n) is 15.5. The molecule has 0 saturated heterocycles. The lowest BCUT2D eigenvalue weighted by molar-refractivity contribution is -0.163. The third-order valence-electron chi connectivity index (χ3n) is 11.8. The molecule has 0 radical (unpaired) electrons. The Morgan fingerprint density at radius 2 is 0.783 bits per heavy atom. The molecule has 0 amide bonds. The van der Waals surface area contributed by atoms with Gasteiger partial charge in [-0.1, -0.05) is 0 Å². The zero-order valence-electron chi connectivity index (χ0n) is 34.2. The van der Waals surface area contributed by atoms with Crippen molar-refractivity contribution >= 4 is 29.8 Å². The fourth-order valence-electron chi connectivity index (χ4n) is 8.72. The Hall–Kier alpha value is -9.59. The maximum absolute atomic E-state index is 15.2. The number of phenols is 15. The topological polar surface area (TPSA) is 444 Å². The number of hydrogen-bond donors (Lipinski definition) is 15. The van der Waals surface area contributed by atoms with Gasteiger partial charge in [-0.2, -0.15) is 0 Å². The fraction of sp³-hybridized carbons (Fsp3) is 0.186. The van der Waals surface area contributed by atoms with E-state index in [2.05, 4.69) is 0 Å². The molecule has 0 saturated carbocycles. The van der Waals surface area contributed by atoms with Gasteiger partial charge in [-0.05, 0) is 25.1 Å². The number of esters is 5. The molecule has 5 aromatic carbocycles. The van der Waals surface area contributed by atoms with Crippen LogP contribution in [0.15, 0.2) is 18.2 Å². The first-order chi connectivity index (χ1) is 32.5. The minimum Gasteiger partial charge on any atom is -0.504 e. The smallest absolute Gasteiger partial charge is 0.340 e. The summed E-state index contributed by atoms with van der Waals surface area (Å²) in [6.45, 7) is -0.586. The molecule has 15 N–H and O–H groups in total. The van der Waals surface area contributed by atoms with Gasteiger partial charge >= 0.3 is 29.8 Å². The Balaban J connectivity index is 1.45. The number of ether oxygens (including phenoxy) is 6. The average Bonchev–Trinajstić information content (AvgIpc) is 3.33. The van der Waals surface area contributed by atoms with Crippen LogP contribution in [0, 0.1) is 0 Å². The van der Waals surface area contributed by atoms with Crippen LogP contribution in [0.3, 0.4) is 0 Å². The van der Waals surface area contributed by atoms with Crippen molar-refractivity contribution in [1.29, 1.82) is 0 Å². The van der Waals surface area contributed by atoms with Crippen molar-refractivity contribution < 1.29 is 129 Å². The lowest BCUT2D eigenvalue weighted by atomic mass is 9.80. The summed E-state index contributed by atoms with van der Waals surface area (Å²) in [7, 11) is 0. The zero-order valence-corrected chi connectivity index (χ0v) is 34.2. The van der Waals surface area contributed by atoms with Crippen LogP contribution < -0.4 is 0 Å². The molecule has 6 bridgehead atoms. The van der Waals surface area contributed by atoms with Gasteiger partial charge in [-0.15, -0.1) is 0 Å². The van der Waals surface area contributed by atoms with Crippen LogP contribution in [0.2, 0.25) is 0 Å². The van der Waals surface area contributed by atoms with E-state index in [4.69, 9.17) is 28.4 Å². The summed E-state index contributed by atoms with van der Waals surface area (Å²) < 4.78 is 34.5. The molecule has 5 aliphatic heterocycles. The molecule has 358 valence electrons.